The minimum Gasteiger partial charge on any atom is -0.280 e. The number of nitrogens with one attached hydrogen (secondary N) is 1. The molecule has 8 heteroatoms. The molecule has 0 unspecified atom stereocenters. The molecule has 0 aliphatic heterocycles. The molecule has 3 aromatic rings. The molecule has 0 aliphatic carbocycles. The van der Waals surface area contributed by atoms with Gasteiger partial charge in [-0.25, -0.2) is 13.4 Å². The van der Waals surface area contributed by atoms with E-state index >= 15 is 0 Å². The molecule has 0 radical (unpaired) electrons. The van der Waals surface area contributed by atoms with E-state index in [1.165, 1.54) is 23.5 Å². The summed E-state index contributed by atoms with van der Waals surface area (Å²) in [5.74, 6) is 0. The third-order valence-corrected chi connectivity index (χ3v) is 5.36. The maximum Gasteiger partial charge on any atom is 0.264 e. The molecule has 0 saturated heterocycles. The quantitative estimate of drug-likeness (QED) is 0.735. The molecule has 0 saturated carbocycles. The number of aryl methyl sites for hydroxylation is 1. The number of sulfonamides is 1. The second-order valence-electron chi connectivity index (χ2n) is 4.58. The summed E-state index contributed by atoms with van der Waals surface area (Å²) in [4.78, 5) is 14.9. The lowest BCUT2D eigenvalue weighted by Crippen LogP contribution is -2.13. The van der Waals surface area contributed by atoms with Crippen molar-refractivity contribution >= 4 is 43.0 Å². The molecule has 1 heterocycles. The van der Waals surface area contributed by atoms with Gasteiger partial charge in [-0.2, -0.15) is 0 Å². The van der Waals surface area contributed by atoms with E-state index < -0.39 is 10.0 Å². The molecule has 0 amide bonds. The SMILES string of the molecule is Cc1nc2ccc(NS(=O)(=O)c3ccccc3N=O)cc2s1. The fourth-order valence-corrected chi connectivity index (χ4v) is 4.13. The topological polar surface area (TPSA) is 88.5 Å². The highest BCUT2D eigenvalue weighted by molar-refractivity contribution is 7.92. The molecule has 1 N–H and O–H groups in total. The first-order valence-electron chi connectivity index (χ1n) is 6.32. The van der Waals surface area contributed by atoms with Crippen LogP contribution >= 0.6 is 11.3 Å². The lowest BCUT2D eigenvalue weighted by molar-refractivity contribution is 0.601. The van der Waals surface area contributed by atoms with Crippen molar-refractivity contribution in [2.45, 2.75) is 11.8 Å². The molecular weight excluding hydrogens is 322 g/mol. The van der Waals surface area contributed by atoms with Gasteiger partial charge in [-0.05, 0) is 42.4 Å². The first-order valence-corrected chi connectivity index (χ1v) is 8.62. The monoisotopic (exact) mass is 333 g/mol. The summed E-state index contributed by atoms with van der Waals surface area (Å²) in [6.07, 6.45) is 0. The van der Waals surface area contributed by atoms with Gasteiger partial charge in [0.15, 0.2) is 0 Å². The van der Waals surface area contributed by atoms with E-state index in [2.05, 4.69) is 14.9 Å². The number of hydrogen-bond acceptors (Lipinski definition) is 6. The summed E-state index contributed by atoms with van der Waals surface area (Å²) in [6, 6.07) is 10.9. The average Bonchev–Trinajstić information content (AvgIpc) is 2.86. The number of fused-ring (bicyclic) bond motifs is 1. The molecule has 6 nitrogen and oxygen atoms in total. The smallest absolute Gasteiger partial charge is 0.264 e. The highest BCUT2D eigenvalue weighted by Gasteiger charge is 2.19. The maximum atomic E-state index is 12.4. The lowest BCUT2D eigenvalue weighted by atomic mass is 10.3. The normalized spacial score (nSPS) is 11.5. The van der Waals surface area contributed by atoms with Crippen molar-refractivity contribution in [1.29, 1.82) is 0 Å². The second kappa shape index (κ2) is 5.47. The van der Waals surface area contributed by atoms with Crippen LogP contribution in [0.1, 0.15) is 5.01 Å². The molecule has 0 atom stereocenters. The van der Waals surface area contributed by atoms with E-state index in [9.17, 15) is 13.3 Å². The third kappa shape index (κ3) is 2.70. The first-order chi connectivity index (χ1) is 10.5. The second-order valence-corrected chi connectivity index (χ2v) is 7.47. The molecule has 112 valence electrons. The van der Waals surface area contributed by atoms with Gasteiger partial charge in [0, 0.05) is 0 Å². The molecule has 1 aromatic heterocycles. The summed E-state index contributed by atoms with van der Waals surface area (Å²) < 4.78 is 28.2. The number of benzene rings is 2. The minimum atomic E-state index is -3.88. The maximum absolute atomic E-state index is 12.4. The number of nitrogens with zero attached hydrogens (tertiary/aromatic N) is 2. The van der Waals surface area contributed by atoms with Crippen molar-refractivity contribution in [3.63, 3.8) is 0 Å². The van der Waals surface area contributed by atoms with Crippen LogP contribution in [0.5, 0.6) is 0 Å². The molecule has 0 spiro atoms. The molecule has 2 aromatic carbocycles. The van der Waals surface area contributed by atoms with Gasteiger partial charge < -0.3 is 0 Å². The Labute approximate surface area is 130 Å². The van der Waals surface area contributed by atoms with Crippen LogP contribution in [0.15, 0.2) is 52.5 Å². The zero-order valence-corrected chi connectivity index (χ0v) is 13.1. The summed E-state index contributed by atoms with van der Waals surface area (Å²) in [5.41, 5.74) is 1.11. The Morgan fingerprint density at radius 2 is 1.95 bits per heavy atom. The Morgan fingerprint density at radius 3 is 2.73 bits per heavy atom. The van der Waals surface area contributed by atoms with Crippen LogP contribution in [0.25, 0.3) is 10.2 Å². The Balaban J connectivity index is 2.00. The minimum absolute atomic E-state index is 0.121. The number of thiazole rings is 1. The van der Waals surface area contributed by atoms with E-state index in [1.54, 1.807) is 30.3 Å². The Morgan fingerprint density at radius 1 is 1.18 bits per heavy atom. The van der Waals surface area contributed by atoms with Crippen molar-refractivity contribution in [2.75, 3.05) is 4.72 Å². The summed E-state index contributed by atoms with van der Waals surface area (Å²) in [5, 5.41) is 3.66. The van der Waals surface area contributed by atoms with Crippen molar-refractivity contribution in [2.24, 2.45) is 5.18 Å². The number of hydrogen-bond donors (Lipinski definition) is 1. The number of nitroso groups, excluding NO2 is 1. The van der Waals surface area contributed by atoms with Gasteiger partial charge in [0.25, 0.3) is 10.0 Å². The summed E-state index contributed by atoms with van der Waals surface area (Å²) in [6.45, 7) is 1.89. The van der Waals surface area contributed by atoms with Crippen LogP contribution in [-0.4, -0.2) is 13.4 Å². The lowest BCUT2D eigenvalue weighted by Gasteiger charge is -2.09. The standard InChI is InChI=1S/C14H11N3O3S2/c1-9-15-11-7-6-10(8-13(11)21-9)17-22(19,20)14-5-3-2-4-12(14)16-18/h2-8,17H,1H3. The van der Waals surface area contributed by atoms with Crippen molar-refractivity contribution in [3.05, 3.63) is 52.4 Å². The van der Waals surface area contributed by atoms with E-state index in [0.29, 0.717) is 5.69 Å². The number of rotatable bonds is 4. The van der Waals surface area contributed by atoms with Gasteiger partial charge >= 0.3 is 0 Å². The van der Waals surface area contributed by atoms with E-state index in [0.717, 1.165) is 15.2 Å². The highest BCUT2D eigenvalue weighted by atomic mass is 32.2. The number of anilines is 1. The fourth-order valence-electron chi connectivity index (χ4n) is 2.07. The molecular formula is C14H11N3O3S2. The zero-order valence-electron chi connectivity index (χ0n) is 11.5. The summed E-state index contributed by atoms with van der Waals surface area (Å²) in [7, 11) is -3.88. The predicted molar refractivity (Wildman–Crippen MR) is 87.1 cm³/mol. The van der Waals surface area contributed by atoms with Crippen LogP contribution in [-0.2, 0) is 10.0 Å². The van der Waals surface area contributed by atoms with Gasteiger partial charge in [-0.15, -0.1) is 16.2 Å². The van der Waals surface area contributed by atoms with Gasteiger partial charge in [-0.1, -0.05) is 12.1 Å². The van der Waals surface area contributed by atoms with Crippen LogP contribution < -0.4 is 4.72 Å². The largest absolute Gasteiger partial charge is 0.280 e. The molecule has 22 heavy (non-hydrogen) atoms. The zero-order chi connectivity index (χ0) is 15.7. The van der Waals surface area contributed by atoms with Gasteiger partial charge in [0.1, 0.15) is 10.6 Å². The predicted octanol–water partition coefficient (Wildman–Crippen LogP) is 3.80. The van der Waals surface area contributed by atoms with Gasteiger partial charge in [0.05, 0.1) is 20.9 Å². The van der Waals surface area contributed by atoms with Crippen molar-refractivity contribution in [3.8, 4) is 0 Å². The Bertz CT molecular complexity index is 964. The Hall–Kier alpha value is -2.32. The van der Waals surface area contributed by atoms with E-state index in [1.807, 2.05) is 6.92 Å². The molecule has 0 aliphatic rings. The third-order valence-electron chi connectivity index (χ3n) is 3.00. The summed E-state index contributed by atoms with van der Waals surface area (Å²) >= 11 is 1.48. The van der Waals surface area contributed by atoms with Gasteiger partial charge in [0.2, 0.25) is 0 Å². The highest BCUT2D eigenvalue weighted by Crippen LogP contribution is 2.28. The number of aromatic nitrogens is 1. The molecule has 3 rings (SSSR count). The van der Waals surface area contributed by atoms with E-state index in [4.69, 9.17) is 0 Å². The van der Waals surface area contributed by atoms with Crippen molar-refractivity contribution in [1.82, 2.24) is 4.98 Å². The Kier molecular flexibility index (Phi) is 3.63. The fraction of sp³-hybridized carbons (Fsp3) is 0.0714. The van der Waals surface area contributed by atoms with Gasteiger partial charge in [-0.3, -0.25) is 4.72 Å². The van der Waals surface area contributed by atoms with E-state index in [-0.39, 0.29) is 10.6 Å². The average molecular weight is 333 g/mol. The van der Waals surface area contributed by atoms with Crippen LogP contribution in [0, 0.1) is 11.8 Å². The van der Waals surface area contributed by atoms with Crippen LogP contribution in [0.4, 0.5) is 11.4 Å². The van der Waals surface area contributed by atoms with Crippen LogP contribution in [0.3, 0.4) is 0 Å². The first kappa shape index (κ1) is 14.6. The van der Waals surface area contributed by atoms with Crippen LogP contribution in [0.2, 0.25) is 0 Å². The van der Waals surface area contributed by atoms with Crippen molar-refractivity contribution < 1.29 is 8.42 Å². The molecule has 0 fully saturated rings. The molecule has 0 bridgehead atoms.